The summed E-state index contributed by atoms with van der Waals surface area (Å²) in [6, 6.07) is 0. The summed E-state index contributed by atoms with van der Waals surface area (Å²) in [7, 11) is 0. The third kappa shape index (κ3) is 10.4. The SMILES string of the molecule is O=C([O-])CNCC(=O)[O-].[Fe+2]. The number of hydrogen-bond donors (Lipinski definition) is 1. The van der Waals surface area contributed by atoms with E-state index < -0.39 is 25.0 Å². The monoisotopic (exact) mass is 187 g/mol. The van der Waals surface area contributed by atoms with Crippen LogP contribution in [0.5, 0.6) is 0 Å². The molecule has 5 nitrogen and oxygen atoms in total. The molecule has 0 unspecified atom stereocenters. The van der Waals surface area contributed by atoms with E-state index in [1.807, 2.05) is 0 Å². The Morgan fingerprint density at radius 2 is 1.40 bits per heavy atom. The van der Waals surface area contributed by atoms with Crippen molar-refractivity contribution in [1.29, 1.82) is 0 Å². The van der Waals surface area contributed by atoms with Gasteiger partial charge in [0.25, 0.3) is 0 Å². The Morgan fingerprint density at radius 1 is 1.10 bits per heavy atom. The minimum absolute atomic E-state index is 0. The van der Waals surface area contributed by atoms with Crippen LogP contribution in [0, 0.1) is 0 Å². The van der Waals surface area contributed by atoms with Crippen LogP contribution in [0.2, 0.25) is 0 Å². The molecule has 0 aliphatic carbocycles. The average molecular weight is 187 g/mol. The first-order valence-corrected chi connectivity index (χ1v) is 2.23. The quantitative estimate of drug-likeness (QED) is 0.453. The van der Waals surface area contributed by atoms with Crippen LogP contribution in [0.3, 0.4) is 0 Å². The van der Waals surface area contributed by atoms with Crippen molar-refractivity contribution < 1.29 is 36.9 Å². The van der Waals surface area contributed by atoms with Crippen LogP contribution in [-0.2, 0) is 26.7 Å². The number of aliphatic carboxylic acids is 2. The Balaban J connectivity index is 0. The van der Waals surface area contributed by atoms with Gasteiger partial charge in [-0.15, -0.1) is 0 Å². The average Bonchev–Trinajstić information content (AvgIpc) is 1.63. The van der Waals surface area contributed by atoms with Gasteiger partial charge in [0.05, 0.1) is 11.9 Å². The molecule has 0 bridgehead atoms. The van der Waals surface area contributed by atoms with Crippen LogP contribution in [-0.4, -0.2) is 25.0 Å². The molecule has 0 rings (SSSR count). The number of carbonyl (C=O) groups excluding carboxylic acids is 2. The van der Waals surface area contributed by atoms with Gasteiger partial charge in [0, 0.05) is 13.1 Å². The zero-order valence-electron chi connectivity index (χ0n) is 4.90. The van der Waals surface area contributed by atoms with Crippen LogP contribution in [0.4, 0.5) is 0 Å². The van der Waals surface area contributed by atoms with Gasteiger partial charge < -0.3 is 25.1 Å². The fourth-order valence-corrected chi connectivity index (χ4v) is 0.267. The van der Waals surface area contributed by atoms with Crippen LogP contribution >= 0.6 is 0 Å². The van der Waals surface area contributed by atoms with Crippen molar-refractivity contribution in [2.24, 2.45) is 0 Å². The molecule has 0 saturated carbocycles. The van der Waals surface area contributed by atoms with Crippen molar-refractivity contribution in [3.05, 3.63) is 0 Å². The van der Waals surface area contributed by atoms with E-state index >= 15 is 0 Å². The fraction of sp³-hybridized carbons (Fsp3) is 0.500. The first-order chi connectivity index (χ1) is 4.13. The van der Waals surface area contributed by atoms with E-state index in [1.165, 1.54) is 0 Å². The molecule has 0 spiro atoms. The molecule has 0 aromatic heterocycles. The van der Waals surface area contributed by atoms with E-state index in [0.29, 0.717) is 0 Å². The van der Waals surface area contributed by atoms with Crippen molar-refractivity contribution in [3.63, 3.8) is 0 Å². The molecule has 58 valence electrons. The third-order valence-corrected chi connectivity index (χ3v) is 0.539. The third-order valence-electron chi connectivity index (χ3n) is 0.539. The summed E-state index contributed by atoms with van der Waals surface area (Å²) >= 11 is 0. The molecule has 6 heteroatoms. The maximum atomic E-state index is 9.59. The standard InChI is InChI=1S/C4H7NO4.Fe/c6-3(7)1-5-2-4(8)9;/h5H,1-2H2,(H,6,7)(H,8,9);/q;+2/p-2. The van der Waals surface area contributed by atoms with Crippen LogP contribution in [0.25, 0.3) is 0 Å². The number of carboxylic acids is 2. The number of carboxylic acid groups (broad SMARTS) is 2. The Hall–Kier alpha value is -0.581. The number of nitrogens with one attached hydrogen (secondary N) is 1. The zero-order chi connectivity index (χ0) is 7.28. The van der Waals surface area contributed by atoms with Crippen LogP contribution < -0.4 is 15.5 Å². The number of hydrogen-bond acceptors (Lipinski definition) is 5. The minimum Gasteiger partial charge on any atom is -0.549 e. The first kappa shape index (κ1) is 12.1. The van der Waals surface area contributed by atoms with Crippen molar-refractivity contribution in [2.45, 2.75) is 0 Å². The van der Waals surface area contributed by atoms with E-state index in [0.717, 1.165) is 0 Å². The molecule has 10 heavy (non-hydrogen) atoms. The summed E-state index contributed by atoms with van der Waals surface area (Å²) in [5.74, 6) is -2.67. The second kappa shape index (κ2) is 6.54. The summed E-state index contributed by atoms with van der Waals surface area (Å²) in [5.41, 5.74) is 0. The predicted molar refractivity (Wildman–Crippen MR) is 22.9 cm³/mol. The van der Waals surface area contributed by atoms with Gasteiger partial charge in [-0.2, -0.15) is 0 Å². The van der Waals surface area contributed by atoms with E-state index in [9.17, 15) is 19.8 Å². The Labute approximate surface area is 67.9 Å². The molecule has 0 saturated heterocycles. The topological polar surface area (TPSA) is 92.3 Å². The van der Waals surface area contributed by atoms with Crippen molar-refractivity contribution in [3.8, 4) is 0 Å². The van der Waals surface area contributed by atoms with E-state index in [2.05, 4.69) is 5.32 Å². The minimum atomic E-state index is -1.34. The molecule has 0 fully saturated rings. The van der Waals surface area contributed by atoms with Gasteiger partial charge in [0.1, 0.15) is 0 Å². The van der Waals surface area contributed by atoms with E-state index in [1.54, 1.807) is 0 Å². The van der Waals surface area contributed by atoms with Gasteiger partial charge in [-0.1, -0.05) is 0 Å². The molecule has 0 aliphatic rings. The molecule has 0 radical (unpaired) electrons. The van der Waals surface area contributed by atoms with Crippen molar-refractivity contribution in [1.82, 2.24) is 5.32 Å². The molecular formula is C4H5FeNO4. The van der Waals surface area contributed by atoms with Crippen LogP contribution in [0.15, 0.2) is 0 Å². The smallest absolute Gasteiger partial charge is 0.549 e. The number of rotatable bonds is 4. The predicted octanol–water partition coefficient (Wildman–Crippen LogP) is -3.93. The van der Waals surface area contributed by atoms with Gasteiger partial charge in [-0.05, 0) is 0 Å². The molecule has 0 atom stereocenters. The van der Waals surface area contributed by atoms with Gasteiger partial charge in [-0.3, -0.25) is 0 Å². The van der Waals surface area contributed by atoms with Gasteiger partial charge in [0.2, 0.25) is 0 Å². The largest absolute Gasteiger partial charge is 2.00 e. The van der Waals surface area contributed by atoms with Crippen molar-refractivity contribution in [2.75, 3.05) is 13.1 Å². The maximum Gasteiger partial charge on any atom is 2.00 e. The molecule has 0 aromatic carbocycles. The van der Waals surface area contributed by atoms with E-state index in [-0.39, 0.29) is 17.1 Å². The molecule has 1 N–H and O–H groups in total. The van der Waals surface area contributed by atoms with Gasteiger partial charge in [0.15, 0.2) is 0 Å². The Bertz CT molecular complexity index is 112. The zero-order valence-corrected chi connectivity index (χ0v) is 6.00. The second-order valence-corrected chi connectivity index (χ2v) is 1.35. The first-order valence-electron chi connectivity index (χ1n) is 2.23. The van der Waals surface area contributed by atoms with Gasteiger partial charge in [-0.25, -0.2) is 0 Å². The summed E-state index contributed by atoms with van der Waals surface area (Å²) in [6.45, 7) is -0.929. The summed E-state index contributed by atoms with van der Waals surface area (Å²) < 4.78 is 0. The maximum absolute atomic E-state index is 9.59. The summed E-state index contributed by atoms with van der Waals surface area (Å²) in [4.78, 5) is 19.2. The van der Waals surface area contributed by atoms with E-state index in [4.69, 9.17) is 0 Å². The molecule has 0 amide bonds. The summed E-state index contributed by atoms with van der Waals surface area (Å²) in [5, 5.41) is 21.2. The molecular weight excluding hydrogens is 182 g/mol. The van der Waals surface area contributed by atoms with Crippen molar-refractivity contribution >= 4 is 11.9 Å². The normalized spacial score (nSPS) is 8.00. The molecule has 0 heterocycles. The number of carbonyl (C=O) groups is 2. The Kier molecular flexibility index (Phi) is 7.93. The van der Waals surface area contributed by atoms with Crippen LogP contribution in [0.1, 0.15) is 0 Å². The Morgan fingerprint density at radius 3 is 1.60 bits per heavy atom. The second-order valence-electron chi connectivity index (χ2n) is 1.35. The van der Waals surface area contributed by atoms with Gasteiger partial charge >= 0.3 is 17.1 Å². The molecule has 0 aromatic rings. The fourth-order valence-electron chi connectivity index (χ4n) is 0.267. The molecule has 0 aliphatic heterocycles. The summed E-state index contributed by atoms with van der Waals surface area (Å²) in [6.07, 6.45) is 0.